The van der Waals surface area contributed by atoms with Crippen molar-refractivity contribution in [2.45, 2.75) is 6.42 Å². The lowest BCUT2D eigenvalue weighted by Gasteiger charge is -2.16. The molecule has 80 valence electrons. The summed E-state index contributed by atoms with van der Waals surface area (Å²) in [5.74, 6) is 0.929. The molecule has 1 rings (SSSR count). The molecule has 0 N–H and O–H groups in total. The van der Waals surface area contributed by atoms with Crippen molar-refractivity contribution < 1.29 is 0 Å². The Hall–Kier alpha value is -1.74. The fourth-order valence-electron chi connectivity index (χ4n) is 1.13. The van der Waals surface area contributed by atoms with Crippen LogP contribution in [0.1, 0.15) is 6.42 Å². The fourth-order valence-corrected chi connectivity index (χ4v) is 1.13. The largest absolute Gasteiger partial charge is 0.360 e. The van der Waals surface area contributed by atoms with Crippen LogP contribution in [0.5, 0.6) is 0 Å². The SMILES string of the molecule is CN=C=NCCCN(C)c1ccncn1. The molecule has 15 heavy (non-hydrogen) atoms. The number of rotatable bonds is 5. The standard InChI is InChI=1S/C10H15N5/c1-11-8-12-5-3-7-15(2)10-4-6-13-9-14-10/h4,6,9H,3,5,7H2,1-2H3. The molecule has 0 saturated heterocycles. The van der Waals surface area contributed by atoms with Crippen molar-refractivity contribution >= 4 is 11.8 Å². The molecule has 0 aliphatic rings. The second kappa shape index (κ2) is 6.68. The van der Waals surface area contributed by atoms with Crippen LogP contribution in [-0.4, -0.2) is 43.2 Å². The highest BCUT2D eigenvalue weighted by Gasteiger charge is 1.99. The molecule has 0 unspecified atom stereocenters. The summed E-state index contributed by atoms with van der Waals surface area (Å²) >= 11 is 0. The molecule has 0 aliphatic carbocycles. The topological polar surface area (TPSA) is 53.7 Å². The van der Waals surface area contributed by atoms with E-state index in [0.29, 0.717) is 0 Å². The predicted octanol–water partition coefficient (Wildman–Crippen LogP) is 1.11. The predicted molar refractivity (Wildman–Crippen MR) is 60.6 cm³/mol. The van der Waals surface area contributed by atoms with Crippen LogP contribution in [-0.2, 0) is 0 Å². The minimum Gasteiger partial charge on any atom is -0.360 e. The lowest BCUT2D eigenvalue weighted by Crippen LogP contribution is -2.20. The smallest absolute Gasteiger partial charge is 0.131 e. The van der Waals surface area contributed by atoms with Gasteiger partial charge in [0.25, 0.3) is 0 Å². The molecule has 0 saturated carbocycles. The van der Waals surface area contributed by atoms with Gasteiger partial charge in [-0.25, -0.2) is 20.0 Å². The molecule has 1 aromatic heterocycles. The van der Waals surface area contributed by atoms with Crippen molar-refractivity contribution in [3.05, 3.63) is 18.6 Å². The maximum Gasteiger partial charge on any atom is 0.131 e. The van der Waals surface area contributed by atoms with Crippen LogP contribution in [0.2, 0.25) is 0 Å². The minimum atomic E-state index is 0.743. The first-order valence-corrected chi connectivity index (χ1v) is 4.82. The monoisotopic (exact) mass is 205 g/mol. The normalized spacial score (nSPS) is 9.20. The Morgan fingerprint density at radius 2 is 2.40 bits per heavy atom. The van der Waals surface area contributed by atoms with Crippen LogP contribution in [0.4, 0.5) is 5.82 Å². The van der Waals surface area contributed by atoms with E-state index in [1.165, 1.54) is 0 Å². The zero-order chi connectivity index (χ0) is 10.9. The molecule has 0 bridgehead atoms. The van der Waals surface area contributed by atoms with Gasteiger partial charge in [-0.3, -0.25) is 0 Å². The number of hydrogen-bond acceptors (Lipinski definition) is 5. The third kappa shape index (κ3) is 4.33. The highest BCUT2D eigenvalue weighted by atomic mass is 15.2. The molecule has 1 heterocycles. The first-order valence-electron chi connectivity index (χ1n) is 4.82. The Bertz CT molecular complexity index is 329. The van der Waals surface area contributed by atoms with Gasteiger partial charge in [-0.2, -0.15) is 0 Å². The summed E-state index contributed by atoms with van der Waals surface area (Å²) in [7, 11) is 3.66. The summed E-state index contributed by atoms with van der Waals surface area (Å²) in [6.07, 6.45) is 4.25. The molecule has 0 amide bonds. The van der Waals surface area contributed by atoms with Crippen molar-refractivity contribution in [3.8, 4) is 0 Å². The van der Waals surface area contributed by atoms with E-state index in [2.05, 4.69) is 30.9 Å². The Balaban J connectivity index is 2.31. The van der Waals surface area contributed by atoms with E-state index >= 15 is 0 Å². The van der Waals surface area contributed by atoms with Crippen LogP contribution >= 0.6 is 0 Å². The first-order chi connectivity index (χ1) is 7.34. The van der Waals surface area contributed by atoms with Gasteiger partial charge in [0.1, 0.15) is 12.1 Å². The van der Waals surface area contributed by atoms with E-state index in [-0.39, 0.29) is 0 Å². The second-order valence-corrected chi connectivity index (χ2v) is 3.05. The summed E-state index contributed by atoms with van der Waals surface area (Å²) in [5, 5.41) is 0. The van der Waals surface area contributed by atoms with Gasteiger partial charge in [0.05, 0.1) is 12.6 Å². The Kier molecular flexibility index (Phi) is 5.04. The Morgan fingerprint density at radius 3 is 3.07 bits per heavy atom. The molecule has 1 aromatic rings. The summed E-state index contributed by atoms with van der Waals surface area (Å²) in [5.41, 5.74) is 0. The molecule has 5 heteroatoms. The first kappa shape index (κ1) is 11.3. The summed E-state index contributed by atoms with van der Waals surface area (Å²) in [6.45, 7) is 1.65. The highest BCUT2D eigenvalue weighted by Crippen LogP contribution is 2.05. The molecule has 0 aliphatic heterocycles. The molecule has 5 nitrogen and oxygen atoms in total. The maximum absolute atomic E-state index is 4.14. The van der Waals surface area contributed by atoms with Gasteiger partial charge in [0, 0.05) is 26.8 Å². The molecule has 0 spiro atoms. The fraction of sp³-hybridized carbons (Fsp3) is 0.500. The summed E-state index contributed by atoms with van der Waals surface area (Å²) < 4.78 is 0. The summed E-state index contributed by atoms with van der Waals surface area (Å²) in [4.78, 5) is 17.7. The molecule has 0 atom stereocenters. The van der Waals surface area contributed by atoms with Gasteiger partial charge < -0.3 is 4.90 Å². The van der Waals surface area contributed by atoms with Crippen LogP contribution in [0.25, 0.3) is 0 Å². The highest BCUT2D eigenvalue weighted by molar-refractivity contribution is 5.40. The molecule has 0 fully saturated rings. The maximum atomic E-state index is 4.14. The molecular weight excluding hydrogens is 190 g/mol. The van der Waals surface area contributed by atoms with Crippen LogP contribution in [0.15, 0.2) is 28.6 Å². The van der Waals surface area contributed by atoms with Gasteiger partial charge in [0.2, 0.25) is 0 Å². The minimum absolute atomic E-state index is 0.743. The molecular formula is C10H15N5. The van der Waals surface area contributed by atoms with Crippen molar-refractivity contribution in [3.63, 3.8) is 0 Å². The third-order valence-corrected chi connectivity index (χ3v) is 1.89. The summed E-state index contributed by atoms with van der Waals surface area (Å²) in [6, 6.07) is 4.45. The van der Waals surface area contributed by atoms with Crippen molar-refractivity contribution in [1.29, 1.82) is 0 Å². The van der Waals surface area contributed by atoms with E-state index in [1.807, 2.05) is 13.1 Å². The van der Waals surface area contributed by atoms with Crippen LogP contribution in [0.3, 0.4) is 0 Å². The quantitative estimate of drug-likeness (QED) is 0.534. The lowest BCUT2D eigenvalue weighted by molar-refractivity contribution is 0.787. The van der Waals surface area contributed by atoms with E-state index in [9.17, 15) is 0 Å². The third-order valence-electron chi connectivity index (χ3n) is 1.89. The zero-order valence-electron chi connectivity index (χ0n) is 9.09. The van der Waals surface area contributed by atoms with Gasteiger partial charge in [-0.15, -0.1) is 0 Å². The lowest BCUT2D eigenvalue weighted by atomic mass is 10.4. The van der Waals surface area contributed by atoms with E-state index < -0.39 is 0 Å². The van der Waals surface area contributed by atoms with E-state index in [4.69, 9.17) is 0 Å². The second-order valence-electron chi connectivity index (χ2n) is 3.05. The zero-order valence-corrected chi connectivity index (χ0v) is 9.09. The number of nitrogens with zero attached hydrogens (tertiary/aromatic N) is 5. The Labute approximate surface area is 89.6 Å². The average molecular weight is 205 g/mol. The van der Waals surface area contributed by atoms with Gasteiger partial charge in [-0.1, -0.05) is 0 Å². The number of aromatic nitrogens is 2. The van der Waals surface area contributed by atoms with Crippen molar-refractivity contribution in [2.75, 3.05) is 32.1 Å². The Morgan fingerprint density at radius 1 is 1.53 bits per heavy atom. The molecule has 0 aromatic carbocycles. The van der Waals surface area contributed by atoms with Crippen LogP contribution < -0.4 is 4.90 Å². The van der Waals surface area contributed by atoms with Crippen molar-refractivity contribution in [2.24, 2.45) is 9.98 Å². The average Bonchev–Trinajstić information content (AvgIpc) is 2.30. The molecule has 0 radical (unpaired) electrons. The van der Waals surface area contributed by atoms with Gasteiger partial charge in [-0.05, 0) is 12.5 Å². The number of hydrogen-bond donors (Lipinski definition) is 0. The number of aliphatic imine (C=N–C) groups is 2. The number of anilines is 1. The van der Waals surface area contributed by atoms with E-state index in [1.54, 1.807) is 19.6 Å². The van der Waals surface area contributed by atoms with Crippen LogP contribution in [0, 0.1) is 0 Å². The van der Waals surface area contributed by atoms with E-state index in [0.717, 1.165) is 25.3 Å². The van der Waals surface area contributed by atoms with Crippen molar-refractivity contribution in [1.82, 2.24) is 9.97 Å². The van der Waals surface area contributed by atoms with Gasteiger partial charge >= 0.3 is 0 Å². The van der Waals surface area contributed by atoms with Gasteiger partial charge in [0.15, 0.2) is 0 Å².